The summed E-state index contributed by atoms with van der Waals surface area (Å²) in [7, 11) is 0. The molecule has 0 spiro atoms. The zero-order valence-electron chi connectivity index (χ0n) is 12.9. The maximum Gasteiger partial charge on any atom is 0.298 e. The van der Waals surface area contributed by atoms with Gasteiger partial charge in [0.05, 0.1) is 17.2 Å². The lowest BCUT2D eigenvalue weighted by Gasteiger charge is -2.13. The summed E-state index contributed by atoms with van der Waals surface area (Å²) >= 11 is 0.837. The number of imide groups is 1. The molecule has 1 aliphatic heterocycles. The van der Waals surface area contributed by atoms with Gasteiger partial charge < -0.3 is 4.74 Å². The van der Waals surface area contributed by atoms with Crippen LogP contribution in [0.2, 0.25) is 0 Å². The molecule has 0 aromatic heterocycles. The smallest absolute Gasteiger partial charge is 0.298 e. The summed E-state index contributed by atoms with van der Waals surface area (Å²) in [4.78, 5) is 26.1. The van der Waals surface area contributed by atoms with Crippen molar-refractivity contribution in [3.8, 4) is 5.75 Å². The third-order valence-electron chi connectivity index (χ3n) is 3.35. The van der Waals surface area contributed by atoms with Gasteiger partial charge in [-0.25, -0.2) is 9.29 Å². The van der Waals surface area contributed by atoms with Gasteiger partial charge in [-0.3, -0.25) is 9.59 Å². The Bertz CT molecular complexity index is 817. The van der Waals surface area contributed by atoms with Gasteiger partial charge in [0.15, 0.2) is 0 Å². The summed E-state index contributed by atoms with van der Waals surface area (Å²) < 4.78 is 18.6. The van der Waals surface area contributed by atoms with Crippen molar-refractivity contribution in [2.75, 3.05) is 11.5 Å². The van der Waals surface area contributed by atoms with Crippen LogP contribution in [0.15, 0.2) is 53.4 Å². The maximum atomic E-state index is 13.2. The normalized spacial score (nSPS) is 16.1. The molecule has 0 atom stereocenters. The highest BCUT2D eigenvalue weighted by Crippen LogP contribution is 2.36. The van der Waals surface area contributed by atoms with Gasteiger partial charge in [-0.15, -0.1) is 0 Å². The second-order valence-corrected chi connectivity index (χ2v) is 5.99. The molecule has 6 heteroatoms. The van der Waals surface area contributed by atoms with Crippen LogP contribution < -0.4 is 9.64 Å². The first-order valence-corrected chi connectivity index (χ1v) is 8.16. The van der Waals surface area contributed by atoms with Gasteiger partial charge in [-0.2, -0.15) is 0 Å². The number of rotatable bonds is 4. The molecule has 1 fully saturated rings. The molecular formula is C18H14FNO3S. The molecule has 0 N–H and O–H groups in total. The van der Waals surface area contributed by atoms with E-state index in [0.717, 1.165) is 16.7 Å². The standard InChI is InChI=1S/C18H14FNO3S/c1-2-23-15-8-6-14(7-9-15)20-17(21)16(24-18(20)22)11-12-4-3-5-13(19)10-12/h3-11H,2H2,1H3/b16-11-. The van der Waals surface area contributed by atoms with E-state index in [4.69, 9.17) is 4.74 Å². The van der Waals surface area contributed by atoms with Gasteiger partial charge in [0, 0.05) is 0 Å². The molecule has 0 unspecified atom stereocenters. The molecule has 2 aromatic carbocycles. The number of carbonyl (C=O) groups is 2. The fraction of sp³-hybridized carbons (Fsp3) is 0.111. The SMILES string of the molecule is CCOc1ccc(N2C(=O)S/C(=C\c3cccc(F)c3)C2=O)cc1. The average molecular weight is 343 g/mol. The van der Waals surface area contributed by atoms with E-state index in [0.29, 0.717) is 23.6 Å². The quantitative estimate of drug-likeness (QED) is 0.769. The van der Waals surface area contributed by atoms with Gasteiger partial charge in [-0.1, -0.05) is 12.1 Å². The fourth-order valence-electron chi connectivity index (χ4n) is 2.30. The zero-order chi connectivity index (χ0) is 17.1. The van der Waals surface area contributed by atoms with Crippen LogP contribution in [-0.2, 0) is 4.79 Å². The van der Waals surface area contributed by atoms with Gasteiger partial charge in [0.2, 0.25) is 0 Å². The van der Waals surface area contributed by atoms with Crippen LogP contribution in [0.5, 0.6) is 5.75 Å². The molecule has 0 saturated carbocycles. The number of halogens is 1. The van der Waals surface area contributed by atoms with Crippen LogP contribution >= 0.6 is 11.8 Å². The molecule has 2 aromatic rings. The minimum atomic E-state index is -0.418. The third-order valence-corrected chi connectivity index (χ3v) is 4.22. The first-order valence-electron chi connectivity index (χ1n) is 7.35. The van der Waals surface area contributed by atoms with Crippen molar-refractivity contribution in [1.29, 1.82) is 0 Å². The van der Waals surface area contributed by atoms with Crippen LogP contribution in [0.3, 0.4) is 0 Å². The lowest BCUT2D eigenvalue weighted by atomic mass is 10.2. The van der Waals surface area contributed by atoms with E-state index in [1.165, 1.54) is 18.2 Å². The number of anilines is 1. The maximum absolute atomic E-state index is 13.2. The summed E-state index contributed by atoms with van der Waals surface area (Å²) in [6.07, 6.45) is 1.52. The van der Waals surface area contributed by atoms with Crippen LogP contribution in [-0.4, -0.2) is 17.8 Å². The molecule has 1 saturated heterocycles. The van der Waals surface area contributed by atoms with Crippen molar-refractivity contribution in [2.45, 2.75) is 6.92 Å². The molecule has 3 rings (SSSR count). The molecule has 4 nitrogen and oxygen atoms in total. The Morgan fingerprint density at radius 3 is 2.58 bits per heavy atom. The minimum Gasteiger partial charge on any atom is -0.494 e. The van der Waals surface area contributed by atoms with Crippen molar-refractivity contribution >= 4 is 34.7 Å². The van der Waals surface area contributed by atoms with E-state index >= 15 is 0 Å². The number of amides is 2. The fourth-order valence-corrected chi connectivity index (χ4v) is 3.14. The minimum absolute atomic E-state index is 0.263. The highest BCUT2D eigenvalue weighted by atomic mass is 32.2. The van der Waals surface area contributed by atoms with E-state index in [2.05, 4.69) is 0 Å². The second-order valence-electron chi connectivity index (χ2n) is 5.00. The Morgan fingerprint density at radius 1 is 1.17 bits per heavy atom. The number of thioether (sulfide) groups is 1. The van der Waals surface area contributed by atoms with E-state index < -0.39 is 11.7 Å². The summed E-state index contributed by atoms with van der Waals surface area (Å²) in [6.45, 7) is 2.42. The number of benzene rings is 2. The number of hydrogen-bond acceptors (Lipinski definition) is 4. The van der Waals surface area contributed by atoms with Gasteiger partial charge >= 0.3 is 0 Å². The van der Waals surface area contributed by atoms with Crippen molar-refractivity contribution in [1.82, 2.24) is 0 Å². The van der Waals surface area contributed by atoms with Crippen LogP contribution in [0.4, 0.5) is 14.9 Å². The number of hydrogen-bond donors (Lipinski definition) is 0. The predicted molar refractivity (Wildman–Crippen MR) is 92.5 cm³/mol. The Kier molecular flexibility index (Phi) is 4.66. The lowest BCUT2D eigenvalue weighted by Crippen LogP contribution is -2.27. The predicted octanol–water partition coefficient (Wildman–Crippen LogP) is 4.47. The number of ether oxygens (including phenoxy) is 1. The number of nitrogens with zero attached hydrogens (tertiary/aromatic N) is 1. The molecule has 1 aliphatic rings. The zero-order valence-corrected chi connectivity index (χ0v) is 13.7. The molecule has 122 valence electrons. The molecular weight excluding hydrogens is 329 g/mol. The Morgan fingerprint density at radius 2 is 1.92 bits per heavy atom. The van der Waals surface area contributed by atoms with E-state index in [1.807, 2.05) is 6.92 Å². The monoisotopic (exact) mass is 343 g/mol. The molecule has 2 amide bonds. The first-order chi connectivity index (χ1) is 11.6. The largest absolute Gasteiger partial charge is 0.494 e. The molecule has 0 bridgehead atoms. The van der Waals surface area contributed by atoms with Gasteiger partial charge in [-0.05, 0) is 66.7 Å². The third kappa shape index (κ3) is 3.33. The summed E-state index contributed by atoms with van der Waals surface area (Å²) in [5, 5.41) is -0.383. The second kappa shape index (κ2) is 6.88. The van der Waals surface area contributed by atoms with E-state index in [1.54, 1.807) is 36.4 Å². The van der Waals surface area contributed by atoms with Gasteiger partial charge in [0.25, 0.3) is 11.1 Å². The average Bonchev–Trinajstić information content (AvgIpc) is 2.83. The Balaban J connectivity index is 1.86. The summed E-state index contributed by atoms with van der Waals surface area (Å²) in [5.74, 6) is -0.142. The highest BCUT2D eigenvalue weighted by molar-refractivity contribution is 8.19. The topological polar surface area (TPSA) is 46.6 Å². The number of carbonyl (C=O) groups excluding carboxylic acids is 2. The summed E-state index contributed by atoms with van der Waals surface area (Å²) in [6, 6.07) is 12.6. The van der Waals surface area contributed by atoms with Crippen molar-refractivity contribution < 1.29 is 18.7 Å². The lowest BCUT2D eigenvalue weighted by molar-refractivity contribution is -0.113. The van der Waals surface area contributed by atoms with E-state index in [-0.39, 0.29) is 10.1 Å². The molecule has 0 aliphatic carbocycles. The molecule has 0 radical (unpaired) electrons. The molecule has 24 heavy (non-hydrogen) atoms. The van der Waals surface area contributed by atoms with Crippen LogP contribution in [0, 0.1) is 5.82 Å². The Labute approximate surface area is 142 Å². The van der Waals surface area contributed by atoms with Crippen molar-refractivity contribution in [3.05, 3.63) is 64.8 Å². The molecule has 1 heterocycles. The van der Waals surface area contributed by atoms with Gasteiger partial charge in [0.1, 0.15) is 11.6 Å². The van der Waals surface area contributed by atoms with E-state index in [9.17, 15) is 14.0 Å². The van der Waals surface area contributed by atoms with Crippen molar-refractivity contribution in [2.24, 2.45) is 0 Å². The van der Waals surface area contributed by atoms with Crippen molar-refractivity contribution in [3.63, 3.8) is 0 Å². The highest BCUT2D eigenvalue weighted by Gasteiger charge is 2.36. The Hall–Kier alpha value is -2.60. The summed E-state index contributed by atoms with van der Waals surface area (Å²) in [5.41, 5.74) is 1.01. The van der Waals surface area contributed by atoms with Crippen LogP contribution in [0.1, 0.15) is 12.5 Å². The first kappa shape index (κ1) is 16.3. The van der Waals surface area contributed by atoms with Crippen LogP contribution in [0.25, 0.3) is 6.08 Å².